The minimum Gasteiger partial charge on any atom is -0.358 e. The molecular formula is C17H21ClN4O. The van der Waals surface area contributed by atoms with Crippen LogP contribution in [-0.2, 0) is 0 Å². The maximum absolute atomic E-state index is 12.3. The van der Waals surface area contributed by atoms with Crippen molar-refractivity contribution < 1.29 is 4.79 Å². The Hall–Kier alpha value is -2.14. The van der Waals surface area contributed by atoms with Gasteiger partial charge in [0.05, 0.1) is 0 Å². The van der Waals surface area contributed by atoms with Gasteiger partial charge in [0, 0.05) is 24.3 Å². The highest BCUT2D eigenvalue weighted by atomic mass is 35.5. The lowest BCUT2D eigenvalue weighted by Gasteiger charge is -2.16. The van der Waals surface area contributed by atoms with Gasteiger partial charge in [0.2, 0.25) is 0 Å². The summed E-state index contributed by atoms with van der Waals surface area (Å²) in [7, 11) is 1.97. The van der Waals surface area contributed by atoms with E-state index in [9.17, 15) is 4.79 Å². The molecule has 0 aliphatic heterocycles. The minimum atomic E-state index is -0.300. The summed E-state index contributed by atoms with van der Waals surface area (Å²) >= 11 is 5.96. The minimum absolute atomic E-state index is 0.275. The molecule has 1 amide bonds. The molecule has 0 aliphatic carbocycles. The number of halogens is 1. The van der Waals surface area contributed by atoms with Crippen LogP contribution in [-0.4, -0.2) is 29.7 Å². The molecule has 0 saturated carbocycles. The van der Waals surface area contributed by atoms with Crippen molar-refractivity contribution in [3.8, 4) is 0 Å². The van der Waals surface area contributed by atoms with Crippen LogP contribution in [0, 0.1) is 6.92 Å². The molecule has 6 heteroatoms. The van der Waals surface area contributed by atoms with Crippen LogP contribution in [0.15, 0.2) is 30.3 Å². The SMILES string of the molecule is CCCCN(C)c1ccc(C(=O)Nc2cc(Cl)ccc2C)nn1. The van der Waals surface area contributed by atoms with Crippen LogP contribution >= 0.6 is 11.6 Å². The first-order chi connectivity index (χ1) is 11.0. The van der Waals surface area contributed by atoms with Gasteiger partial charge in [0.1, 0.15) is 0 Å². The van der Waals surface area contributed by atoms with Gasteiger partial charge in [0.15, 0.2) is 11.5 Å². The number of rotatable bonds is 6. The first kappa shape index (κ1) is 17.2. The second kappa shape index (κ2) is 7.92. The maximum Gasteiger partial charge on any atom is 0.276 e. The lowest BCUT2D eigenvalue weighted by molar-refractivity contribution is 0.102. The van der Waals surface area contributed by atoms with Crippen LogP contribution in [0.4, 0.5) is 11.5 Å². The highest BCUT2D eigenvalue weighted by Gasteiger charge is 2.11. The fourth-order valence-electron chi connectivity index (χ4n) is 2.07. The normalized spacial score (nSPS) is 10.4. The molecule has 0 fully saturated rings. The van der Waals surface area contributed by atoms with Crippen LogP contribution in [0.5, 0.6) is 0 Å². The summed E-state index contributed by atoms with van der Waals surface area (Å²) in [4.78, 5) is 14.3. The Balaban J connectivity index is 2.07. The van der Waals surface area contributed by atoms with E-state index < -0.39 is 0 Å². The van der Waals surface area contributed by atoms with Crippen molar-refractivity contribution in [3.05, 3.63) is 46.6 Å². The number of amides is 1. The molecule has 1 aromatic heterocycles. The van der Waals surface area contributed by atoms with E-state index in [0.717, 1.165) is 30.8 Å². The molecule has 0 atom stereocenters. The molecule has 1 aromatic carbocycles. The number of carbonyl (C=O) groups is 1. The second-order valence-electron chi connectivity index (χ2n) is 5.47. The summed E-state index contributed by atoms with van der Waals surface area (Å²) < 4.78 is 0. The van der Waals surface area contributed by atoms with E-state index in [1.165, 1.54) is 0 Å². The molecule has 1 heterocycles. The van der Waals surface area contributed by atoms with Crippen LogP contribution in [0.1, 0.15) is 35.8 Å². The fourth-order valence-corrected chi connectivity index (χ4v) is 2.25. The van der Waals surface area contributed by atoms with Crippen molar-refractivity contribution >= 4 is 29.0 Å². The Morgan fingerprint density at radius 2 is 2.04 bits per heavy atom. The van der Waals surface area contributed by atoms with Gasteiger partial charge in [-0.15, -0.1) is 10.2 Å². The first-order valence-electron chi connectivity index (χ1n) is 7.63. The molecule has 0 bridgehead atoms. The monoisotopic (exact) mass is 332 g/mol. The smallest absolute Gasteiger partial charge is 0.276 e. The summed E-state index contributed by atoms with van der Waals surface area (Å²) in [5.41, 5.74) is 1.89. The Bertz CT molecular complexity index is 673. The van der Waals surface area contributed by atoms with Crippen LogP contribution in [0.3, 0.4) is 0 Å². The van der Waals surface area contributed by atoms with E-state index in [1.54, 1.807) is 18.2 Å². The molecule has 2 rings (SSSR count). The first-order valence-corrected chi connectivity index (χ1v) is 8.01. The van der Waals surface area contributed by atoms with Crippen molar-refractivity contribution in [2.75, 3.05) is 23.8 Å². The third-order valence-electron chi connectivity index (χ3n) is 3.57. The molecule has 0 aliphatic rings. The van der Waals surface area contributed by atoms with Gasteiger partial charge in [-0.1, -0.05) is 31.0 Å². The third-order valence-corrected chi connectivity index (χ3v) is 3.80. The zero-order valence-electron chi connectivity index (χ0n) is 13.6. The number of benzene rings is 1. The van der Waals surface area contributed by atoms with Gasteiger partial charge in [-0.25, -0.2) is 0 Å². The van der Waals surface area contributed by atoms with E-state index in [2.05, 4.69) is 22.4 Å². The van der Waals surface area contributed by atoms with E-state index in [1.807, 2.05) is 31.0 Å². The zero-order valence-corrected chi connectivity index (χ0v) is 14.4. The van der Waals surface area contributed by atoms with Gasteiger partial charge in [-0.05, 0) is 43.2 Å². The van der Waals surface area contributed by atoms with Crippen molar-refractivity contribution in [2.24, 2.45) is 0 Å². The standard InChI is InChI=1S/C17H21ClN4O/c1-4-5-10-22(3)16-9-8-14(20-21-16)17(23)19-15-11-13(18)7-6-12(15)2/h6-9,11H,4-5,10H2,1-3H3,(H,19,23). The zero-order chi connectivity index (χ0) is 16.8. The Morgan fingerprint density at radius 3 is 2.70 bits per heavy atom. The summed E-state index contributed by atoms with van der Waals surface area (Å²) in [5, 5.41) is 11.5. The number of nitrogens with one attached hydrogen (secondary N) is 1. The molecule has 1 N–H and O–H groups in total. The topological polar surface area (TPSA) is 58.1 Å². The average Bonchev–Trinajstić information content (AvgIpc) is 2.56. The third kappa shape index (κ3) is 4.66. The number of aromatic nitrogens is 2. The number of hydrogen-bond acceptors (Lipinski definition) is 4. The highest BCUT2D eigenvalue weighted by Crippen LogP contribution is 2.20. The fraction of sp³-hybridized carbons (Fsp3) is 0.353. The largest absolute Gasteiger partial charge is 0.358 e. The molecule has 0 saturated heterocycles. The summed E-state index contributed by atoms with van der Waals surface area (Å²) in [5.74, 6) is 0.458. The van der Waals surface area contributed by atoms with E-state index in [0.29, 0.717) is 10.7 Å². The Kier molecular flexibility index (Phi) is 5.93. The predicted molar refractivity (Wildman–Crippen MR) is 94.4 cm³/mol. The molecule has 23 heavy (non-hydrogen) atoms. The molecule has 5 nitrogen and oxygen atoms in total. The van der Waals surface area contributed by atoms with E-state index >= 15 is 0 Å². The van der Waals surface area contributed by atoms with Crippen LogP contribution in [0.25, 0.3) is 0 Å². The summed E-state index contributed by atoms with van der Waals surface area (Å²) in [6.45, 7) is 4.96. The lowest BCUT2D eigenvalue weighted by Crippen LogP contribution is -2.21. The predicted octanol–water partition coefficient (Wildman–Crippen LogP) is 3.93. The number of aryl methyl sites for hydroxylation is 1. The van der Waals surface area contributed by atoms with Crippen LogP contribution < -0.4 is 10.2 Å². The van der Waals surface area contributed by atoms with Gasteiger partial charge in [-0.3, -0.25) is 4.79 Å². The number of hydrogen-bond donors (Lipinski definition) is 1. The van der Waals surface area contributed by atoms with Crippen LogP contribution in [0.2, 0.25) is 5.02 Å². The lowest BCUT2D eigenvalue weighted by atomic mass is 10.2. The number of carbonyl (C=O) groups excluding carboxylic acids is 1. The van der Waals surface area contributed by atoms with Crippen molar-refractivity contribution in [2.45, 2.75) is 26.7 Å². The Labute approximate surface area is 141 Å². The maximum atomic E-state index is 12.3. The molecule has 0 unspecified atom stereocenters. The number of unbranched alkanes of at least 4 members (excludes halogenated alkanes) is 1. The van der Waals surface area contributed by atoms with Crippen molar-refractivity contribution in [3.63, 3.8) is 0 Å². The second-order valence-corrected chi connectivity index (χ2v) is 5.90. The Morgan fingerprint density at radius 1 is 1.26 bits per heavy atom. The number of anilines is 2. The molecule has 2 aromatic rings. The molecule has 122 valence electrons. The quantitative estimate of drug-likeness (QED) is 0.870. The van der Waals surface area contributed by atoms with Gasteiger partial charge < -0.3 is 10.2 Å². The molecule has 0 spiro atoms. The highest BCUT2D eigenvalue weighted by molar-refractivity contribution is 6.31. The molecule has 0 radical (unpaired) electrons. The van der Waals surface area contributed by atoms with Gasteiger partial charge in [-0.2, -0.15) is 0 Å². The van der Waals surface area contributed by atoms with Crippen molar-refractivity contribution in [1.29, 1.82) is 0 Å². The summed E-state index contributed by atoms with van der Waals surface area (Å²) in [6, 6.07) is 8.85. The van der Waals surface area contributed by atoms with E-state index in [-0.39, 0.29) is 11.6 Å². The van der Waals surface area contributed by atoms with E-state index in [4.69, 9.17) is 11.6 Å². The average molecular weight is 333 g/mol. The van der Waals surface area contributed by atoms with Crippen molar-refractivity contribution in [1.82, 2.24) is 10.2 Å². The van der Waals surface area contributed by atoms with Gasteiger partial charge in [0.25, 0.3) is 5.91 Å². The summed E-state index contributed by atoms with van der Waals surface area (Å²) in [6.07, 6.45) is 2.21. The van der Waals surface area contributed by atoms with Gasteiger partial charge >= 0.3 is 0 Å². The molecular weight excluding hydrogens is 312 g/mol. The number of nitrogens with zero attached hydrogens (tertiary/aromatic N) is 3.